The van der Waals surface area contributed by atoms with Gasteiger partial charge in [-0.2, -0.15) is 0 Å². The lowest BCUT2D eigenvalue weighted by Gasteiger charge is -2.41. The first-order chi connectivity index (χ1) is 42.7. The van der Waals surface area contributed by atoms with Crippen LogP contribution in [0.5, 0.6) is 0 Å². The van der Waals surface area contributed by atoms with Crippen LogP contribution in [0.1, 0.15) is 348 Å². The van der Waals surface area contributed by atoms with Crippen molar-refractivity contribution in [1.82, 2.24) is 5.32 Å². The van der Waals surface area contributed by atoms with Crippen molar-refractivity contribution in [2.75, 3.05) is 13.2 Å². The first kappa shape index (κ1) is 82.4. The van der Waals surface area contributed by atoms with E-state index in [4.69, 9.17) is 14.2 Å². The maximum atomic E-state index is 13.5. The largest absolute Gasteiger partial charge is 0.454 e. The van der Waals surface area contributed by atoms with E-state index in [1.807, 2.05) is 6.08 Å². The number of ether oxygens (including phenoxy) is 3. The van der Waals surface area contributed by atoms with E-state index in [2.05, 4.69) is 74.7 Å². The Morgan fingerprint density at radius 1 is 0.448 bits per heavy atom. The smallest absolute Gasteiger partial charge is 0.306 e. The maximum Gasteiger partial charge on any atom is 0.306 e. The second-order valence-electron chi connectivity index (χ2n) is 25.7. The average Bonchev–Trinajstić information content (AvgIpc) is 3.12. The highest BCUT2D eigenvalue weighted by Crippen LogP contribution is 2.26. The molecule has 0 radical (unpaired) electrons. The number of unbranched alkanes of at least 4 members (excludes halogenated alkanes) is 42. The van der Waals surface area contributed by atoms with Crippen molar-refractivity contribution in [1.29, 1.82) is 0 Å². The molecule has 11 nitrogen and oxygen atoms in total. The Kier molecular flexibility index (Phi) is 60.1. The van der Waals surface area contributed by atoms with Gasteiger partial charge in [0.25, 0.3) is 0 Å². The normalized spacial score (nSPS) is 18.6. The number of aliphatic hydroxyl groups is 5. The quantitative estimate of drug-likeness (QED) is 0.0195. The zero-order valence-corrected chi connectivity index (χ0v) is 56.6. The number of nitrogens with one attached hydrogen (secondary N) is 1. The second kappa shape index (κ2) is 63.5. The summed E-state index contributed by atoms with van der Waals surface area (Å²) in [4.78, 5) is 26.7. The van der Waals surface area contributed by atoms with E-state index in [0.717, 1.165) is 70.6 Å². The molecule has 1 aliphatic rings. The van der Waals surface area contributed by atoms with Gasteiger partial charge in [0.1, 0.15) is 24.4 Å². The molecule has 87 heavy (non-hydrogen) atoms. The zero-order valence-electron chi connectivity index (χ0n) is 56.6. The summed E-state index contributed by atoms with van der Waals surface area (Å²) in [5.41, 5.74) is 0. The number of carbonyl (C=O) groups is 2. The van der Waals surface area contributed by atoms with Crippen LogP contribution in [0.3, 0.4) is 0 Å². The van der Waals surface area contributed by atoms with E-state index >= 15 is 0 Å². The molecular weight excluding hydrogens is 1090 g/mol. The van der Waals surface area contributed by atoms with Crippen LogP contribution in [-0.2, 0) is 23.8 Å². The number of esters is 1. The predicted molar refractivity (Wildman–Crippen MR) is 366 cm³/mol. The fraction of sp³-hybridized carbons (Fsp3) is 0.842. The summed E-state index contributed by atoms with van der Waals surface area (Å²) < 4.78 is 17.7. The zero-order chi connectivity index (χ0) is 63.1. The van der Waals surface area contributed by atoms with Crippen molar-refractivity contribution in [3.63, 3.8) is 0 Å². The highest BCUT2D eigenvalue weighted by Gasteiger charge is 2.47. The van der Waals surface area contributed by atoms with Gasteiger partial charge in [0.2, 0.25) is 5.91 Å². The number of rotatable bonds is 64. The summed E-state index contributed by atoms with van der Waals surface area (Å²) >= 11 is 0. The fourth-order valence-electron chi connectivity index (χ4n) is 11.5. The molecule has 1 heterocycles. The molecule has 508 valence electrons. The molecule has 1 fully saturated rings. The fourth-order valence-corrected chi connectivity index (χ4v) is 11.5. The molecular formula is C76H139NO10. The molecule has 0 aromatic heterocycles. The number of amides is 1. The average molecular weight is 1230 g/mol. The Hall–Kier alpha value is -2.64. The number of allylic oxidation sites excluding steroid dienone is 9. The van der Waals surface area contributed by atoms with Crippen LogP contribution in [-0.4, -0.2) is 99.6 Å². The van der Waals surface area contributed by atoms with Crippen LogP contribution >= 0.6 is 0 Å². The van der Waals surface area contributed by atoms with Gasteiger partial charge in [-0.3, -0.25) is 9.59 Å². The Labute approximate surface area is 535 Å². The van der Waals surface area contributed by atoms with Crippen molar-refractivity contribution in [2.45, 2.75) is 397 Å². The molecule has 1 saturated heterocycles. The minimum absolute atomic E-state index is 0.122. The summed E-state index contributed by atoms with van der Waals surface area (Å²) in [5.74, 6) is -1.19. The van der Waals surface area contributed by atoms with E-state index < -0.39 is 67.4 Å². The van der Waals surface area contributed by atoms with Crippen LogP contribution in [0.25, 0.3) is 0 Å². The van der Waals surface area contributed by atoms with Crippen LogP contribution in [0.2, 0.25) is 0 Å². The van der Waals surface area contributed by atoms with E-state index in [1.165, 1.54) is 231 Å². The van der Waals surface area contributed by atoms with Crippen LogP contribution in [0.4, 0.5) is 0 Å². The van der Waals surface area contributed by atoms with Crippen molar-refractivity contribution < 1.29 is 49.3 Å². The minimum Gasteiger partial charge on any atom is -0.454 e. The molecule has 0 aromatic rings. The number of hydrogen-bond donors (Lipinski definition) is 6. The molecule has 0 saturated carbocycles. The van der Waals surface area contributed by atoms with Gasteiger partial charge in [-0.25, -0.2) is 0 Å². The summed E-state index contributed by atoms with van der Waals surface area (Å²) in [5, 5.41) is 57.3. The van der Waals surface area contributed by atoms with Crippen molar-refractivity contribution in [3.05, 3.63) is 60.8 Å². The van der Waals surface area contributed by atoms with E-state index in [-0.39, 0.29) is 13.0 Å². The standard InChI is InChI=1S/C76H139NO10/c1-4-7-10-13-16-19-22-24-26-28-30-32-34-35-36-38-40-42-44-46-49-52-55-58-61-64-71(81)87-74-73(83)72(82)70(65-78)86-76(74)85-66-67(68(79)62-59-56-53-50-47-21-18-15-12-9-6-3)77-75(84)69(80)63-60-57-54-51-48-45-43-41-39-37-33-31-29-27-25-23-20-17-14-11-8-5-2/h16,19,24-27,30,32,59,62,67-70,72-74,76,78-80,82-83H,4-15,17-18,20-23,28-29,31,33-58,60-61,63-66H2,1-3H3,(H,77,84)/b19-16-,26-24-,27-25+,32-30-,62-59+. The van der Waals surface area contributed by atoms with E-state index in [9.17, 15) is 35.1 Å². The molecule has 1 amide bonds. The molecule has 1 rings (SSSR count). The summed E-state index contributed by atoms with van der Waals surface area (Å²) in [6.45, 7) is 5.80. The monoisotopic (exact) mass is 1230 g/mol. The van der Waals surface area contributed by atoms with Gasteiger partial charge in [-0.15, -0.1) is 0 Å². The van der Waals surface area contributed by atoms with Crippen LogP contribution < -0.4 is 5.32 Å². The van der Waals surface area contributed by atoms with Gasteiger partial charge in [0, 0.05) is 6.42 Å². The van der Waals surface area contributed by atoms with Gasteiger partial charge in [-0.1, -0.05) is 313 Å². The third-order valence-corrected chi connectivity index (χ3v) is 17.4. The predicted octanol–water partition coefficient (Wildman–Crippen LogP) is 19.3. The number of hydrogen-bond acceptors (Lipinski definition) is 10. The molecule has 0 aliphatic carbocycles. The molecule has 6 N–H and O–H groups in total. The molecule has 0 aromatic carbocycles. The lowest BCUT2D eigenvalue weighted by molar-refractivity contribution is -0.305. The first-order valence-electron chi connectivity index (χ1n) is 37.1. The molecule has 8 unspecified atom stereocenters. The van der Waals surface area contributed by atoms with Gasteiger partial charge in [0.05, 0.1) is 25.4 Å². The SMILES string of the molecule is CCCCC/C=C\C/C=C\C/C=C\CCCCCCCCCCCCCCC(=O)OC1C(OCC(NC(=O)C(O)CCCCCCCCCCCCCC/C=C/CCCCCCCC)C(O)/C=C/CCCCCCCCCCC)OC(CO)C(O)C1O. The van der Waals surface area contributed by atoms with Gasteiger partial charge in [0.15, 0.2) is 12.4 Å². The lowest BCUT2D eigenvalue weighted by Crippen LogP contribution is -2.61. The summed E-state index contributed by atoms with van der Waals surface area (Å²) in [7, 11) is 0. The highest BCUT2D eigenvalue weighted by molar-refractivity contribution is 5.80. The number of aliphatic hydroxyl groups excluding tert-OH is 5. The van der Waals surface area contributed by atoms with E-state index in [0.29, 0.717) is 19.3 Å². The first-order valence-corrected chi connectivity index (χ1v) is 37.1. The van der Waals surface area contributed by atoms with Crippen molar-refractivity contribution in [2.24, 2.45) is 0 Å². The van der Waals surface area contributed by atoms with Crippen LogP contribution in [0, 0.1) is 0 Å². The third kappa shape index (κ3) is 50.7. The molecule has 8 atom stereocenters. The Morgan fingerprint density at radius 3 is 1.22 bits per heavy atom. The lowest BCUT2D eigenvalue weighted by atomic mass is 9.99. The van der Waals surface area contributed by atoms with Crippen molar-refractivity contribution in [3.8, 4) is 0 Å². The number of carbonyl (C=O) groups excluding carboxylic acids is 2. The van der Waals surface area contributed by atoms with Crippen LogP contribution in [0.15, 0.2) is 60.8 Å². The summed E-state index contributed by atoms with van der Waals surface area (Å²) in [6.07, 6.45) is 71.2. The molecule has 0 spiro atoms. The van der Waals surface area contributed by atoms with Crippen molar-refractivity contribution >= 4 is 11.9 Å². The maximum absolute atomic E-state index is 13.5. The summed E-state index contributed by atoms with van der Waals surface area (Å²) in [6, 6.07) is -1.02. The second-order valence-corrected chi connectivity index (χ2v) is 25.7. The van der Waals surface area contributed by atoms with E-state index in [1.54, 1.807) is 6.08 Å². The highest BCUT2D eigenvalue weighted by atomic mass is 16.7. The topological polar surface area (TPSA) is 175 Å². The third-order valence-electron chi connectivity index (χ3n) is 17.4. The van der Waals surface area contributed by atoms with Gasteiger partial charge < -0.3 is 45.1 Å². The molecule has 1 aliphatic heterocycles. The Bertz CT molecular complexity index is 1650. The Morgan fingerprint density at radius 2 is 0.793 bits per heavy atom. The van der Waals surface area contributed by atoms with Gasteiger partial charge in [-0.05, 0) is 89.9 Å². The Balaban J connectivity index is 2.52. The van der Waals surface area contributed by atoms with Gasteiger partial charge >= 0.3 is 5.97 Å². The molecule has 11 heteroatoms. The molecule has 0 bridgehead atoms. The minimum atomic E-state index is -1.62.